The lowest BCUT2D eigenvalue weighted by Crippen LogP contribution is -2.48. The van der Waals surface area contributed by atoms with E-state index in [0.29, 0.717) is 19.6 Å². The lowest BCUT2D eigenvalue weighted by molar-refractivity contribution is -0.138. The number of piperazine rings is 1. The average molecular weight is 446 g/mol. The van der Waals surface area contributed by atoms with Gasteiger partial charge in [0.05, 0.1) is 12.0 Å². The SMILES string of the molecule is CN(C)CC(=O)N1CCC2(CC1)CC(CCN1CCN(c3ccc(F)cc3)CC1)NC2=O. The number of halogens is 1. The van der Waals surface area contributed by atoms with E-state index in [2.05, 4.69) is 15.1 Å². The van der Waals surface area contributed by atoms with Gasteiger partial charge in [-0.1, -0.05) is 0 Å². The molecule has 32 heavy (non-hydrogen) atoms. The van der Waals surface area contributed by atoms with Gasteiger partial charge in [0.15, 0.2) is 0 Å². The number of hydrogen-bond acceptors (Lipinski definition) is 5. The first-order valence-corrected chi connectivity index (χ1v) is 11.8. The lowest BCUT2D eigenvalue weighted by atomic mass is 9.75. The monoisotopic (exact) mass is 445 g/mol. The van der Waals surface area contributed by atoms with E-state index in [1.165, 1.54) is 12.1 Å². The van der Waals surface area contributed by atoms with Crippen LogP contribution in [-0.2, 0) is 9.59 Å². The van der Waals surface area contributed by atoms with Crippen LogP contribution in [0.15, 0.2) is 24.3 Å². The van der Waals surface area contributed by atoms with Gasteiger partial charge >= 0.3 is 0 Å². The second kappa shape index (κ2) is 9.75. The summed E-state index contributed by atoms with van der Waals surface area (Å²) in [4.78, 5) is 33.7. The van der Waals surface area contributed by atoms with Gasteiger partial charge in [-0.15, -0.1) is 0 Å². The van der Waals surface area contributed by atoms with E-state index in [1.807, 2.05) is 36.0 Å². The Morgan fingerprint density at radius 2 is 1.75 bits per heavy atom. The third-order valence-corrected chi connectivity index (χ3v) is 7.34. The maximum atomic E-state index is 13.1. The number of anilines is 1. The summed E-state index contributed by atoms with van der Waals surface area (Å²) < 4.78 is 13.1. The van der Waals surface area contributed by atoms with Gasteiger partial charge in [0.2, 0.25) is 11.8 Å². The molecule has 0 aromatic heterocycles. The fraction of sp³-hybridized carbons (Fsp3) is 0.667. The van der Waals surface area contributed by atoms with Crippen molar-refractivity contribution >= 4 is 17.5 Å². The fourth-order valence-corrected chi connectivity index (χ4v) is 5.33. The molecule has 3 saturated heterocycles. The number of rotatable bonds is 6. The number of carbonyl (C=O) groups is 2. The number of piperidine rings is 1. The highest BCUT2D eigenvalue weighted by atomic mass is 19.1. The van der Waals surface area contributed by atoms with Crippen LogP contribution in [0.5, 0.6) is 0 Å². The summed E-state index contributed by atoms with van der Waals surface area (Å²) in [6.45, 7) is 6.59. The maximum absolute atomic E-state index is 13.1. The Bertz CT molecular complexity index is 799. The largest absolute Gasteiger partial charge is 0.369 e. The van der Waals surface area contributed by atoms with Gasteiger partial charge in [-0.2, -0.15) is 0 Å². The smallest absolute Gasteiger partial charge is 0.236 e. The van der Waals surface area contributed by atoms with E-state index in [4.69, 9.17) is 0 Å². The molecular weight excluding hydrogens is 409 g/mol. The van der Waals surface area contributed by atoms with E-state index in [-0.39, 0.29) is 29.1 Å². The number of likely N-dealkylation sites (N-methyl/N-ethyl adjacent to an activating group) is 1. The van der Waals surface area contributed by atoms with E-state index < -0.39 is 0 Å². The highest BCUT2D eigenvalue weighted by Crippen LogP contribution is 2.41. The second-order valence-corrected chi connectivity index (χ2v) is 9.87. The van der Waals surface area contributed by atoms with Crippen LogP contribution in [0.25, 0.3) is 0 Å². The van der Waals surface area contributed by atoms with E-state index in [9.17, 15) is 14.0 Å². The minimum absolute atomic E-state index is 0.152. The van der Waals surface area contributed by atoms with Gasteiger partial charge in [0.1, 0.15) is 5.82 Å². The van der Waals surface area contributed by atoms with Crippen LogP contribution in [0.1, 0.15) is 25.7 Å². The summed E-state index contributed by atoms with van der Waals surface area (Å²) in [5.41, 5.74) is 0.785. The number of amides is 2. The van der Waals surface area contributed by atoms with Gasteiger partial charge in [-0.3, -0.25) is 14.5 Å². The summed E-state index contributed by atoms with van der Waals surface area (Å²) in [5, 5.41) is 3.25. The van der Waals surface area contributed by atoms with Crippen molar-refractivity contribution in [3.63, 3.8) is 0 Å². The molecule has 3 aliphatic rings. The Hall–Kier alpha value is -2.19. The molecule has 0 radical (unpaired) electrons. The molecule has 1 aromatic carbocycles. The Balaban J connectivity index is 1.20. The maximum Gasteiger partial charge on any atom is 0.236 e. The van der Waals surface area contributed by atoms with Gasteiger partial charge in [-0.05, 0) is 64.0 Å². The molecule has 8 heteroatoms. The van der Waals surface area contributed by atoms with Crippen LogP contribution in [0.4, 0.5) is 10.1 Å². The van der Waals surface area contributed by atoms with Crippen molar-refractivity contribution in [3.05, 3.63) is 30.1 Å². The minimum Gasteiger partial charge on any atom is -0.369 e. The predicted molar refractivity (Wildman–Crippen MR) is 123 cm³/mol. The molecule has 0 saturated carbocycles. The molecule has 3 fully saturated rings. The molecule has 4 rings (SSSR count). The molecule has 1 aromatic rings. The molecule has 1 spiro atoms. The Morgan fingerprint density at radius 1 is 1.09 bits per heavy atom. The van der Waals surface area contributed by atoms with Crippen molar-refractivity contribution in [3.8, 4) is 0 Å². The molecule has 2 amide bonds. The summed E-state index contributed by atoms with van der Waals surface area (Å²) in [6.07, 6.45) is 3.39. The number of likely N-dealkylation sites (tertiary alicyclic amines) is 1. The van der Waals surface area contributed by atoms with Crippen molar-refractivity contribution in [2.24, 2.45) is 5.41 Å². The van der Waals surface area contributed by atoms with E-state index in [0.717, 1.165) is 64.1 Å². The van der Waals surface area contributed by atoms with Gasteiger partial charge in [0, 0.05) is 57.5 Å². The fourth-order valence-electron chi connectivity index (χ4n) is 5.33. The summed E-state index contributed by atoms with van der Waals surface area (Å²) in [5.74, 6) is 0.137. The molecule has 7 nitrogen and oxygen atoms in total. The summed E-state index contributed by atoms with van der Waals surface area (Å²) in [6, 6.07) is 6.95. The van der Waals surface area contributed by atoms with Crippen LogP contribution in [0.2, 0.25) is 0 Å². The minimum atomic E-state index is -0.291. The van der Waals surface area contributed by atoms with Crippen LogP contribution in [0.3, 0.4) is 0 Å². The number of benzene rings is 1. The Labute approximate surface area is 190 Å². The highest BCUT2D eigenvalue weighted by molar-refractivity contribution is 5.86. The highest BCUT2D eigenvalue weighted by Gasteiger charge is 2.48. The van der Waals surface area contributed by atoms with Crippen LogP contribution in [0, 0.1) is 11.2 Å². The second-order valence-electron chi connectivity index (χ2n) is 9.87. The zero-order chi connectivity index (χ0) is 22.7. The Morgan fingerprint density at radius 3 is 2.38 bits per heavy atom. The molecular formula is C24H36FN5O2. The van der Waals surface area contributed by atoms with Crippen LogP contribution in [-0.4, -0.2) is 99.0 Å². The number of nitrogens with zero attached hydrogens (tertiary/aromatic N) is 4. The number of nitrogens with one attached hydrogen (secondary N) is 1. The van der Waals surface area contributed by atoms with Crippen LogP contribution < -0.4 is 10.2 Å². The predicted octanol–water partition coefficient (Wildman–Crippen LogP) is 1.40. The van der Waals surface area contributed by atoms with Gasteiger partial charge < -0.3 is 20.0 Å². The molecule has 0 bridgehead atoms. The number of hydrogen-bond donors (Lipinski definition) is 1. The lowest BCUT2D eigenvalue weighted by Gasteiger charge is -2.38. The molecule has 1 N–H and O–H groups in total. The summed E-state index contributed by atoms with van der Waals surface area (Å²) >= 11 is 0. The molecule has 3 aliphatic heterocycles. The van der Waals surface area contributed by atoms with Crippen molar-refractivity contribution in [1.29, 1.82) is 0 Å². The van der Waals surface area contributed by atoms with Crippen molar-refractivity contribution < 1.29 is 14.0 Å². The van der Waals surface area contributed by atoms with Crippen molar-refractivity contribution in [2.45, 2.75) is 31.7 Å². The zero-order valence-electron chi connectivity index (χ0n) is 19.4. The van der Waals surface area contributed by atoms with Crippen molar-refractivity contribution in [1.82, 2.24) is 20.0 Å². The van der Waals surface area contributed by atoms with Gasteiger partial charge in [-0.25, -0.2) is 4.39 Å². The average Bonchev–Trinajstić information content (AvgIpc) is 3.08. The normalized spacial score (nSPS) is 23.8. The topological polar surface area (TPSA) is 59.1 Å². The number of carbonyl (C=O) groups excluding carboxylic acids is 2. The molecule has 1 atom stereocenters. The van der Waals surface area contributed by atoms with Crippen LogP contribution >= 0.6 is 0 Å². The standard InChI is InChI=1S/C24H36FN5O2/c1-27(2)18-22(31)30-11-8-24(9-12-30)17-20(26-23(24)32)7-10-28-13-15-29(16-14-28)21-5-3-19(25)4-6-21/h3-6,20H,7-18H2,1-2H3,(H,26,32). The quantitative estimate of drug-likeness (QED) is 0.717. The van der Waals surface area contributed by atoms with E-state index >= 15 is 0 Å². The first-order chi connectivity index (χ1) is 15.3. The Kier molecular flexibility index (Phi) is 7.00. The van der Waals surface area contributed by atoms with Gasteiger partial charge in [0.25, 0.3) is 0 Å². The molecule has 1 unspecified atom stereocenters. The molecule has 3 heterocycles. The van der Waals surface area contributed by atoms with E-state index in [1.54, 1.807) is 0 Å². The molecule has 176 valence electrons. The van der Waals surface area contributed by atoms with Crippen molar-refractivity contribution in [2.75, 3.05) is 71.4 Å². The summed E-state index contributed by atoms with van der Waals surface area (Å²) in [7, 11) is 3.81. The first-order valence-electron chi connectivity index (χ1n) is 11.8. The third kappa shape index (κ3) is 5.23. The third-order valence-electron chi connectivity index (χ3n) is 7.34. The zero-order valence-corrected chi connectivity index (χ0v) is 19.4. The first kappa shape index (κ1) is 23.0. The molecule has 0 aliphatic carbocycles.